The van der Waals surface area contributed by atoms with Gasteiger partial charge in [0.1, 0.15) is 0 Å². The van der Waals surface area contributed by atoms with Crippen molar-refractivity contribution >= 4 is 0 Å². The average Bonchev–Trinajstić information content (AvgIpc) is 2.07. The monoisotopic (exact) mass is 170 g/mol. The van der Waals surface area contributed by atoms with Crippen LogP contribution < -0.4 is 0 Å². The summed E-state index contributed by atoms with van der Waals surface area (Å²) >= 11 is 0. The second-order valence-electron chi connectivity index (χ2n) is 4.43. The van der Waals surface area contributed by atoms with Crippen molar-refractivity contribution in [3.8, 4) is 0 Å². The van der Waals surface area contributed by atoms with Gasteiger partial charge in [0, 0.05) is 0 Å². The smallest absolute Gasteiger partial charge is 0.0328 e. The van der Waals surface area contributed by atoms with Crippen molar-refractivity contribution in [1.29, 1.82) is 0 Å². The minimum absolute atomic E-state index is 0.720. The molecule has 0 aliphatic heterocycles. The van der Waals surface area contributed by atoms with Gasteiger partial charge in [0.15, 0.2) is 0 Å². The highest BCUT2D eigenvalue weighted by Gasteiger charge is 2.23. The fourth-order valence-corrected chi connectivity index (χ4v) is 1.76. The highest BCUT2D eigenvalue weighted by molar-refractivity contribution is 4.76. The molecular weight excluding hydrogens is 144 g/mol. The molecule has 0 N–H and O–H groups in total. The van der Waals surface area contributed by atoms with Crippen LogP contribution >= 0.6 is 0 Å². The predicted molar refractivity (Wildman–Crippen MR) is 57.4 cm³/mol. The SMILES string of the molecule is CCC.CCC1(C)CCCCC1. The van der Waals surface area contributed by atoms with Gasteiger partial charge in [-0.2, -0.15) is 0 Å². The quantitative estimate of drug-likeness (QED) is 0.531. The lowest BCUT2D eigenvalue weighted by atomic mass is 9.74. The maximum Gasteiger partial charge on any atom is -0.0328 e. The zero-order valence-electron chi connectivity index (χ0n) is 9.45. The third kappa shape index (κ3) is 4.79. The van der Waals surface area contributed by atoms with Crippen molar-refractivity contribution in [2.45, 2.75) is 72.6 Å². The molecule has 1 fully saturated rings. The summed E-state index contributed by atoms with van der Waals surface area (Å²) in [6.45, 7) is 9.01. The Morgan fingerprint density at radius 2 is 1.33 bits per heavy atom. The number of hydrogen-bond acceptors (Lipinski definition) is 0. The molecule has 0 amide bonds. The third-order valence-corrected chi connectivity index (χ3v) is 2.91. The van der Waals surface area contributed by atoms with E-state index < -0.39 is 0 Å². The molecule has 0 aromatic rings. The summed E-state index contributed by atoms with van der Waals surface area (Å²) in [5, 5.41) is 0. The van der Waals surface area contributed by atoms with Gasteiger partial charge >= 0.3 is 0 Å². The molecule has 1 rings (SSSR count). The molecular formula is C12H26. The van der Waals surface area contributed by atoms with Crippen LogP contribution in [0.5, 0.6) is 0 Å². The number of hydrogen-bond donors (Lipinski definition) is 0. The maximum absolute atomic E-state index is 2.44. The predicted octanol–water partition coefficient (Wildman–Crippen LogP) is 4.78. The summed E-state index contributed by atoms with van der Waals surface area (Å²) in [6, 6.07) is 0. The molecule has 1 aliphatic rings. The first-order chi connectivity index (χ1) is 5.68. The summed E-state index contributed by atoms with van der Waals surface area (Å²) in [7, 11) is 0. The Labute approximate surface area is 78.8 Å². The fraction of sp³-hybridized carbons (Fsp3) is 1.00. The Hall–Kier alpha value is 0. The maximum atomic E-state index is 2.44. The molecule has 74 valence electrons. The van der Waals surface area contributed by atoms with Gasteiger partial charge in [0.05, 0.1) is 0 Å². The van der Waals surface area contributed by atoms with Gasteiger partial charge in [-0.25, -0.2) is 0 Å². The first-order valence-electron chi connectivity index (χ1n) is 5.68. The van der Waals surface area contributed by atoms with E-state index in [1.165, 1.54) is 44.9 Å². The van der Waals surface area contributed by atoms with Crippen LogP contribution in [0.15, 0.2) is 0 Å². The van der Waals surface area contributed by atoms with Crippen LogP contribution in [-0.2, 0) is 0 Å². The first kappa shape index (κ1) is 12.0. The Morgan fingerprint density at radius 1 is 0.917 bits per heavy atom. The van der Waals surface area contributed by atoms with E-state index in [1.54, 1.807) is 0 Å². The van der Waals surface area contributed by atoms with Crippen molar-refractivity contribution in [3.63, 3.8) is 0 Å². The molecule has 0 heteroatoms. The molecule has 1 saturated carbocycles. The molecule has 0 radical (unpaired) electrons. The Balaban J connectivity index is 0.000000354. The van der Waals surface area contributed by atoms with Crippen LogP contribution in [0.25, 0.3) is 0 Å². The minimum Gasteiger partial charge on any atom is -0.0656 e. The molecule has 0 bridgehead atoms. The van der Waals surface area contributed by atoms with E-state index in [1.807, 2.05) is 0 Å². The summed E-state index contributed by atoms with van der Waals surface area (Å²) in [4.78, 5) is 0. The standard InChI is InChI=1S/C9H18.C3H8/c1-3-9(2)7-5-4-6-8-9;1-3-2/h3-8H2,1-2H3;3H2,1-2H3. The Kier molecular flexibility index (Phi) is 6.51. The second-order valence-corrected chi connectivity index (χ2v) is 4.43. The molecule has 0 nitrogen and oxygen atoms in total. The molecule has 1 aliphatic carbocycles. The third-order valence-electron chi connectivity index (χ3n) is 2.91. The lowest BCUT2D eigenvalue weighted by Gasteiger charge is -2.32. The van der Waals surface area contributed by atoms with Gasteiger partial charge in [-0.15, -0.1) is 0 Å². The van der Waals surface area contributed by atoms with E-state index in [2.05, 4.69) is 27.7 Å². The van der Waals surface area contributed by atoms with Crippen LogP contribution in [0, 0.1) is 5.41 Å². The van der Waals surface area contributed by atoms with Gasteiger partial charge in [0.2, 0.25) is 0 Å². The van der Waals surface area contributed by atoms with Crippen LogP contribution in [0.1, 0.15) is 72.6 Å². The summed E-state index contributed by atoms with van der Waals surface area (Å²) in [6.07, 6.45) is 10.0. The van der Waals surface area contributed by atoms with Gasteiger partial charge in [-0.3, -0.25) is 0 Å². The van der Waals surface area contributed by atoms with Crippen LogP contribution in [0.4, 0.5) is 0 Å². The molecule has 0 heterocycles. The van der Waals surface area contributed by atoms with Crippen LogP contribution in [0.3, 0.4) is 0 Å². The zero-order valence-corrected chi connectivity index (χ0v) is 9.45. The first-order valence-corrected chi connectivity index (χ1v) is 5.68. The van der Waals surface area contributed by atoms with Crippen molar-refractivity contribution < 1.29 is 0 Å². The topological polar surface area (TPSA) is 0 Å². The van der Waals surface area contributed by atoms with Gasteiger partial charge < -0.3 is 0 Å². The molecule has 0 atom stereocenters. The molecule has 0 aromatic carbocycles. The van der Waals surface area contributed by atoms with E-state index in [4.69, 9.17) is 0 Å². The van der Waals surface area contributed by atoms with Gasteiger partial charge in [-0.05, 0) is 18.3 Å². The van der Waals surface area contributed by atoms with E-state index in [-0.39, 0.29) is 0 Å². The largest absolute Gasteiger partial charge is 0.0656 e. The molecule has 0 unspecified atom stereocenters. The van der Waals surface area contributed by atoms with E-state index in [9.17, 15) is 0 Å². The van der Waals surface area contributed by atoms with E-state index >= 15 is 0 Å². The summed E-state index contributed by atoms with van der Waals surface area (Å²) in [5.41, 5.74) is 0.720. The lowest BCUT2D eigenvalue weighted by molar-refractivity contribution is 0.208. The zero-order chi connectivity index (χ0) is 9.45. The van der Waals surface area contributed by atoms with E-state index in [0.29, 0.717) is 0 Å². The van der Waals surface area contributed by atoms with Gasteiger partial charge in [-0.1, -0.05) is 59.8 Å². The summed E-state index contributed by atoms with van der Waals surface area (Å²) in [5.74, 6) is 0. The van der Waals surface area contributed by atoms with Crippen molar-refractivity contribution in [3.05, 3.63) is 0 Å². The molecule has 0 saturated heterocycles. The van der Waals surface area contributed by atoms with Crippen molar-refractivity contribution in [2.24, 2.45) is 5.41 Å². The molecule has 12 heavy (non-hydrogen) atoms. The van der Waals surface area contributed by atoms with Crippen LogP contribution in [-0.4, -0.2) is 0 Å². The van der Waals surface area contributed by atoms with Gasteiger partial charge in [0.25, 0.3) is 0 Å². The van der Waals surface area contributed by atoms with Crippen molar-refractivity contribution in [1.82, 2.24) is 0 Å². The fourth-order valence-electron chi connectivity index (χ4n) is 1.76. The molecule has 0 aromatic heterocycles. The highest BCUT2D eigenvalue weighted by Crippen LogP contribution is 2.37. The Morgan fingerprint density at radius 3 is 1.58 bits per heavy atom. The summed E-state index contributed by atoms with van der Waals surface area (Å²) < 4.78 is 0. The van der Waals surface area contributed by atoms with E-state index in [0.717, 1.165) is 5.41 Å². The van der Waals surface area contributed by atoms with Crippen LogP contribution in [0.2, 0.25) is 0 Å². The van der Waals surface area contributed by atoms with Crippen molar-refractivity contribution in [2.75, 3.05) is 0 Å². The minimum atomic E-state index is 0.720. The lowest BCUT2D eigenvalue weighted by Crippen LogP contribution is -2.18. The Bertz CT molecular complexity index is 88.2. The molecule has 0 spiro atoms. The number of rotatable bonds is 1. The normalized spacial score (nSPS) is 21.0. The average molecular weight is 170 g/mol. The second kappa shape index (κ2) is 6.51. The highest BCUT2D eigenvalue weighted by atomic mass is 14.3.